The molecule has 0 amide bonds. The van der Waals surface area contributed by atoms with Gasteiger partial charge in [0.1, 0.15) is 11.5 Å². The van der Waals surface area contributed by atoms with E-state index < -0.39 is 12.1 Å². The van der Waals surface area contributed by atoms with Gasteiger partial charge in [-0.05, 0) is 54.1 Å². The van der Waals surface area contributed by atoms with E-state index in [1.54, 1.807) is 25.1 Å². The van der Waals surface area contributed by atoms with E-state index in [1.165, 1.54) is 0 Å². The normalized spacial score (nSPS) is 11.9. The molecule has 0 saturated carbocycles. The van der Waals surface area contributed by atoms with Gasteiger partial charge >= 0.3 is 5.97 Å². The summed E-state index contributed by atoms with van der Waals surface area (Å²) < 4.78 is 12.0. The van der Waals surface area contributed by atoms with Crippen LogP contribution in [0.3, 0.4) is 0 Å². The van der Waals surface area contributed by atoms with Crippen LogP contribution in [0.2, 0.25) is 0 Å². The van der Waals surface area contributed by atoms with Crippen molar-refractivity contribution in [3.8, 4) is 11.5 Å². The standard InChI is InChI=1S/C19H15BrO3/c1-13(22-17-5-3-2-4-6-17)19(21)23-18-10-8-14-11-16(20)9-7-15(14)12-18/h2-13H,1H3/t13-/m0/s1. The van der Waals surface area contributed by atoms with E-state index in [-0.39, 0.29) is 0 Å². The van der Waals surface area contributed by atoms with Crippen molar-refractivity contribution in [2.45, 2.75) is 13.0 Å². The lowest BCUT2D eigenvalue weighted by atomic mass is 10.1. The summed E-state index contributed by atoms with van der Waals surface area (Å²) in [6, 6.07) is 20.7. The summed E-state index contributed by atoms with van der Waals surface area (Å²) in [6.07, 6.45) is -0.682. The fourth-order valence-electron chi connectivity index (χ4n) is 2.21. The highest BCUT2D eigenvalue weighted by molar-refractivity contribution is 9.10. The van der Waals surface area contributed by atoms with Crippen molar-refractivity contribution in [1.29, 1.82) is 0 Å². The van der Waals surface area contributed by atoms with Crippen molar-refractivity contribution in [2.24, 2.45) is 0 Å². The van der Waals surface area contributed by atoms with Gasteiger partial charge in [-0.15, -0.1) is 0 Å². The molecule has 0 saturated heterocycles. The number of carbonyl (C=O) groups excluding carboxylic acids is 1. The Morgan fingerprint density at radius 3 is 2.39 bits per heavy atom. The van der Waals surface area contributed by atoms with Gasteiger partial charge in [-0.1, -0.05) is 46.3 Å². The van der Waals surface area contributed by atoms with Crippen LogP contribution in [0, 0.1) is 0 Å². The average Bonchev–Trinajstić information content (AvgIpc) is 2.56. The number of hydrogen-bond donors (Lipinski definition) is 0. The van der Waals surface area contributed by atoms with Crippen molar-refractivity contribution < 1.29 is 14.3 Å². The van der Waals surface area contributed by atoms with Crippen LogP contribution in [0.5, 0.6) is 11.5 Å². The summed E-state index contributed by atoms with van der Waals surface area (Å²) in [7, 11) is 0. The molecule has 0 aliphatic heterocycles. The van der Waals surface area contributed by atoms with Crippen LogP contribution < -0.4 is 9.47 Å². The number of halogens is 1. The molecule has 0 radical (unpaired) electrons. The minimum atomic E-state index is -0.682. The fraction of sp³-hybridized carbons (Fsp3) is 0.105. The number of carbonyl (C=O) groups is 1. The van der Waals surface area contributed by atoms with E-state index in [9.17, 15) is 4.79 Å². The molecule has 0 aromatic heterocycles. The molecule has 3 aromatic rings. The number of esters is 1. The van der Waals surface area contributed by atoms with Crippen LogP contribution in [0.25, 0.3) is 10.8 Å². The lowest BCUT2D eigenvalue weighted by Gasteiger charge is -2.14. The zero-order chi connectivity index (χ0) is 16.2. The topological polar surface area (TPSA) is 35.5 Å². The number of fused-ring (bicyclic) bond motifs is 1. The Morgan fingerprint density at radius 2 is 1.61 bits per heavy atom. The zero-order valence-corrected chi connectivity index (χ0v) is 14.1. The third-order valence-electron chi connectivity index (χ3n) is 3.38. The second-order valence-electron chi connectivity index (χ2n) is 5.15. The third-order valence-corrected chi connectivity index (χ3v) is 3.87. The summed E-state index contributed by atoms with van der Waals surface area (Å²) in [4.78, 5) is 12.2. The molecule has 0 unspecified atom stereocenters. The molecule has 0 aliphatic rings. The molecule has 4 heteroatoms. The van der Waals surface area contributed by atoms with Crippen LogP contribution in [-0.4, -0.2) is 12.1 Å². The minimum absolute atomic E-state index is 0.426. The highest BCUT2D eigenvalue weighted by atomic mass is 79.9. The Labute approximate surface area is 143 Å². The lowest BCUT2D eigenvalue weighted by Crippen LogP contribution is -2.28. The van der Waals surface area contributed by atoms with Crippen molar-refractivity contribution in [1.82, 2.24) is 0 Å². The number of rotatable bonds is 4. The average molecular weight is 371 g/mol. The van der Waals surface area contributed by atoms with Crippen molar-refractivity contribution in [3.63, 3.8) is 0 Å². The predicted molar refractivity (Wildman–Crippen MR) is 93.8 cm³/mol. The lowest BCUT2D eigenvalue weighted by molar-refractivity contribution is -0.141. The number of ether oxygens (including phenoxy) is 2. The Bertz CT molecular complexity index is 830. The van der Waals surface area contributed by atoms with Crippen LogP contribution in [0.15, 0.2) is 71.2 Å². The van der Waals surface area contributed by atoms with E-state index in [1.807, 2.05) is 48.5 Å². The predicted octanol–water partition coefficient (Wildman–Crippen LogP) is 4.98. The van der Waals surface area contributed by atoms with E-state index in [0.29, 0.717) is 11.5 Å². The van der Waals surface area contributed by atoms with Gasteiger partial charge < -0.3 is 9.47 Å². The highest BCUT2D eigenvalue weighted by Gasteiger charge is 2.17. The molecule has 0 heterocycles. The Morgan fingerprint density at radius 1 is 0.913 bits per heavy atom. The Balaban J connectivity index is 1.70. The van der Waals surface area contributed by atoms with E-state index in [4.69, 9.17) is 9.47 Å². The third kappa shape index (κ3) is 3.90. The van der Waals surface area contributed by atoms with Gasteiger partial charge in [0.05, 0.1) is 0 Å². The zero-order valence-electron chi connectivity index (χ0n) is 12.5. The van der Waals surface area contributed by atoms with Crippen LogP contribution in [-0.2, 0) is 4.79 Å². The summed E-state index contributed by atoms with van der Waals surface area (Å²) in [6.45, 7) is 1.67. The van der Waals surface area contributed by atoms with Gasteiger partial charge in [-0.25, -0.2) is 4.79 Å². The molecule has 0 spiro atoms. The number of benzene rings is 3. The summed E-state index contributed by atoms with van der Waals surface area (Å²) >= 11 is 3.44. The van der Waals surface area contributed by atoms with Gasteiger partial charge in [0.25, 0.3) is 0 Å². The first kappa shape index (κ1) is 15.6. The molecule has 0 N–H and O–H groups in total. The van der Waals surface area contributed by atoms with E-state index in [2.05, 4.69) is 15.9 Å². The summed E-state index contributed by atoms with van der Waals surface area (Å²) in [5.41, 5.74) is 0. The van der Waals surface area contributed by atoms with Crippen molar-refractivity contribution in [3.05, 3.63) is 71.2 Å². The van der Waals surface area contributed by atoms with Crippen LogP contribution >= 0.6 is 15.9 Å². The van der Waals surface area contributed by atoms with Gasteiger partial charge in [-0.2, -0.15) is 0 Å². The monoisotopic (exact) mass is 370 g/mol. The van der Waals surface area contributed by atoms with E-state index >= 15 is 0 Å². The SMILES string of the molecule is C[C@H](Oc1ccccc1)C(=O)Oc1ccc2cc(Br)ccc2c1. The maximum atomic E-state index is 12.2. The molecular weight excluding hydrogens is 356 g/mol. The van der Waals surface area contributed by atoms with Crippen LogP contribution in [0.4, 0.5) is 0 Å². The van der Waals surface area contributed by atoms with Crippen molar-refractivity contribution >= 4 is 32.7 Å². The fourth-order valence-corrected chi connectivity index (χ4v) is 2.59. The number of para-hydroxylation sites is 1. The minimum Gasteiger partial charge on any atom is -0.479 e. The second-order valence-corrected chi connectivity index (χ2v) is 6.06. The summed E-state index contributed by atoms with van der Waals surface area (Å²) in [5.74, 6) is 0.721. The van der Waals surface area contributed by atoms with Gasteiger partial charge in [0, 0.05) is 4.47 Å². The largest absolute Gasteiger partial charge is 0.479 e. The maximum absolute atomic E-state index is 12.2. The first-order valence-corrected chi connectivity index (χ1v) is 8.04. The first-order valence-electron chi connectivity index (χ1n) is 7.24. The molecule has 116 valence electrons. The molecular formula is C19H15BrO3. The molecule has 23 heavy (non-hydrogen) atoms. The highest BCUT2D eigenvalue weighted by Crippen LogP contribution is 2.24. The summed E-state index contributed by atoms with van der Waals surface area (Å²) in [5, 5.41) is 2.09. The molecule has 3 nitrogen and oxygen atoms in total. The molecule has 0 bridgehead atoms. The molecule has 0 fully saturated rings. The smallest absolute Gasteiger partial charge is 0.352 e. The van der Waals surface area contributed by atoms with Gasteiger partial charge in [0.15, 0.2) is 6.10 Å². The van der Waals surface area contributed by atoms with Crippen LogP contribution in [0.1, 0.15) is 6.92 Å². The van der Waals surface area contributed by atoms with Crippen molar-refractivity contribution in [2.75, 3.05) is 0 Å². The molecule has 1 atom stereocenters. The number of hydrogen-bond acceptors (Lipinski definition) is 3. The molecule has 0 aliphatic carbocycles. The molecule has 3 rings (SSSR count). The first-order chi connectivity index (χ1) is 11.1. The quantitative estimate of drug-likeness (QED) is 0.480. The Hall–Kier alpha value is -2.33. The van der Waals surface area contributed by atoms with Gasteiger partial charge in [-0.3, -0.25) is 0 Å². The second kappa shape index (κ2) is 6.84. The Kier molecular flexibility index (Phi) is 4.63. The molecule has 3 aromatic carbocycles. The maximum Gasteiger partial charge on any atom is 0.352 e. The van der Waals surface area contributed by atoms with E-state index in [0.717, 1.165) is 15.2 Å². The van der Waals surface area contributed by atoms with Gasteiger partial charge in [0.2, 0.25) is 0 Å².